The summed E-state index contributed by atoms with van der Waals surface area (Å²) >= 11 is 0. The van der Waals surface area contributed by atoms with Crippen molar-refractivity contribution in [2.75, 3.05) is 26.7 Å². The lowest BCUT2D eigenvalue weighted by molar-refractivity contribution is 0.193. The first-order chi connectivity index (χ1) is 15.0. The van der Waals surface area contributed by atoms with Gasteiger partial charge in [0.25, 0.3) is 0 Å². The van der Waals surface area contributed by atoms with Gasteiger partial charge in [-0.25, -0.2) is 4.79 Å². The minimum Gasteiger partial charge on any atom is -0.362 e. The zero-order valence-corrected chi connectivity index (χ0v) is 22.1. The van der Waals surface area contributed by atoms with Crippen LogP contribution in [0.25, 0.3) is 16.5 Å². The zero-order valence-electron chi connectivity index (χ0n) is 21.1. The second-order valence-electron chi connectivity index (χ2n) is 11.1. The molecule has 1 aliphatic carbocycles. The van der Waals surface area contributed by atoms with Crippen LogP contribution in [0.4, 0.5) is 4.79 Å². The maximum absolute atomic E-state index is 12.7. The quantitative estimate of drug-likeness (QED) is 0.668. The molecular formula is C26H40N4OSi. The number of aromatic amines is 1. The summed E-state index contributed by atoms with van der Waals surface area (Å²) in [5, 5.41) is 6.45. The van der Waals surface area contributed by atoms with Crippen LogP contribution in [0.1, 0.15) is 45.7 Å². The summed E-state index contributed by atoms with van der Waals surface area (Å²) in [5.41, 5.74) is 5.49. The molecule has 0 radical (unpaired) electrons. The summed E-state index contributed by atoms with van der Waals surface area (Å²) in [5.74, 6) is 0. The van der Waals surface area contributed by atoms with Crippen molar-refractivity contribution >= 4 is 35.9 Å². The lowest BCUT2D eigenvalue weighted by Crippen LogP contribution is -2.54. The first kappa shape index (κ1) is 23.1. The molecule has 1 aromatic heterocycles. The van der Waals surface area contributed by atoms with Crippen molar-refractivity contribution in [3.63, 3.8) is 0 Å². The van der Waals surface area contributed by atoms with Gasteiger partial charge in [0.2, 0.25) is 0 Å². The molecule has 2 N–H and O–H groups in total. The van der Waals surface area contributed by atoms with Crippen molar-refractivity contribution in [1.29, 1.82) is 0 Å². The van der Waals surface area contributed by atoms with Crippen LogP contribution in [0.2, 0.25) is 18.1 Å². The van der Waals surface area contributed by atoms with E-state index in [2.05, 4.69) is 80.4 Å². The predicted octanol–water partition coefficient (Wildman–Crippen LogP) is 4.56. The molecule has 0 saturated carbocycles. The lowest BCUT2D eigenvalue weighted by Gasteiger charge is -2.42. The van der Waals surface area contributed by atoms with E-state index in [9.17, 15) is 4.79 Å². The highest BCUT2D eigenvalue weighted by molar-refractivity contribution is 6.92. The van der Waals surface area contributed by atoms with Crippen molar-refractivity contribution in [2.24, 2.45) is 0 Å². The van der Waals surface area contributed by atoms with Gasteiger partial charge in [0.05, 0.1) is 6.04 Å². The fourth-order valence-electron chi connectivity index (χ4n) is 5.30. The van der Waals surface area contributed by atoms with Crippen LogP contribution in [0.3, 0.4) is 0 Å². The van der Waals surface area contributed by atoms with E-state index in [0.717, 1.165) is 26.1 Å². The number of likely N-dealkylation sites (N-methyl/N-ethyl adjacent to an activating group) is 1. The van der Waals surface area contributed by atoms with Crippen LogP contribution in [0.15, 0.2) is 24.3 Å². The third-order valence-electron chi connectivity index (χ3n) is 8.25. The van der Waals surface area contributed by atoms with E-state index in [-0.39, 0.29) is 17.1 Å². The Morgan fingerprint density at radius 2 is 1.94 bits per heavy atom. The van der Waals surface area contributed by atoms with Crippen LogP contribution < -0.4 is 10.6 Å². The maximum Gasteiger partial charge on any atom is 0.317 e. The fraction of sp³-hybridized carbons (Fsp3) is 0.577. The van der Waals surface area contributed by atoms with Crippen LogP contribution in [0.5, 0.6) is 0 Å². The maximum atomic E-state index is 12.7. The molecule has 174 valence electrons. The summed E-state index contributed by atoms with van der Waals surface area (Å²) in [6.07, 6.45) is 3.36. The standard InChI is InChI=1S/C26H40N4OSi/c1-9-30(10-2)25(31)27-17-14-19-18-12-11-13-21-23(18)20(15-22(19)29(6)16-17)24(28-21)32(7,8)26(3,4)5/h11-14,17,22,28H,9-10,15-16H2,1-8H3,(H,27,31)/t17-,22+/m0/s1. The molecule has 2 aromatic rings. The van der Waals surface area contributed by atoms with E-state index in [1.807, 2.05) is 18.7 Å². The van der Waals surface area contributed by atoms with Gasteiger partial charge in [0.15, 0.2) is 0 Å². The number of rotatable bonds is 4. The fourth-order valence-corrected chi connectivity index (χ4v) is 7.48. The number of aromatic nitrogens is 1. The highest BCUT2D eigenvalue weighted by Gasteiger charge is 2.43. The number of hydrogen-bond donors (Lipinski definition) is 2. The molecule has 32 heavy (non-hydrogen) atoms. The molecule has 0 fully saturated rings. The summed E-state index contributed by atoms with van der Waals surface area (Å²) in [6, 6.07) is 7.08. The molecule has 1 aliphatic heterocycles. The van der Waals surface area contributed by atoms with Crippen LogP contribution in [-0.4, -0.2) is 67.7 Å². The Bertz CT molecular complexity index is 1060. The Hall–Kier alpha value is -2.05. The number of nitrogens with zero attached hydrogens (tertiary/aromatic N) is 2. The van der Waals surface area contributed by atoms with Crippen molar-refractivity contribution in [3.05, 3.63) is 35.4 Å². The Morgan fingerprint density at radius 3 is 2.56 bits per heavy atom. The molecular weight excluding hydrogens is 412 g/mol. The Morgan fingerprint density at radius 1 is 1.25 bits per heavy atom. The third-order valence-corrected chi connectivity index (χ3v) is 13.7. The van der Waals surface area contributed by atoms with E-state index in [4.69, 9.17) is 0 Å². The molecule has 4 rings (SSSR count). The zero-order chi connectivity index (χ0) is 23.4. The molecule has 0 bridgehead atoms. The van der Waals surface area contributed by atoms with Crippen molar-refractivity contribution in [2.45, 2.75) is 71.3 Å². The number of nitrogens with one attached hydrogen (secondary N) is 2. The van der Waals surface area contributed by atoms with E-state index in [1.54, 1.807) is 0 Å². The average molecular weight is 453 g/mol. The van der Waals surface area contributed by atoms with Gasteiger partial charge in [0.1, 0.15) is 8.07 Å². The predicted molar refractivity (Wildman–Crippen MR) is 138 cm³/mol. The summed E-state index contributed by atoms with van der Waals surface area (Å²) in [4.78, 5) is 20.9. The minimum atomic E-state index is -1.71. The second-order valence-corrected chi connectivity index (χ2v) is 16.3. The molecule has 2 amide bonds. The number of urea groups is 1. The monoisotopic (exact) mass is 452 g/mol. The number of carbonyl (C=O) groups excluding carboxylic acids is 1. The van der Waals surface area contributed by atoms with Crippen LogP contribution in [-0.2, 0) is 6.42 Å². The Labute approximate surface area is 194 Å². The third kappa shape index (κ3) is 3.61. The van der Waals surface area contributed by atoms with Gasteiger partial charge < -0.3 is 15.2 Å². The number of hydrogen-bond acceptors (Lipinski definition) is 2. The number of fused-ring (bicyclic) bond motifs is 2. The minimum absolute atomic E-state index is 0.0231. The first-order valence-corrected chi connectivity index (χ1v) is 15.1. The smallest absolute Gasteiger partial charge is 0.317 e. The largest absolute Gasteiger partial charge is 0.362 e. The van der Waals surface area contributed by atoms with E-state index < -0.39 is 8.07 Å². The van der Waals surface area contributed by atoms with Crippen molar-refractivity contribution in [1.82, 2.24) is 20.1 Å². The lowest BCUT2D eigenvalue weighted by atomic mass is 9.81. The van der Waals surface area contributed by atoms with Gasteiger partial charge in [-0.2, -0.15) is 0 Å². The van der Waals surface area contributed by atoms with Crippen LogP contribution >= 0.6 is 0 Å². The first-order valence-electron chi connectivity index (χ1n) is 12.1. The molecule has 0 spiro atoms. The number of benzene rings is 1. The van der Waals surface area contributed by atoms with Gasteiger partial charge in [-0.15, -0.1) is 0 Å². The SMILES string of the molecule is CCN(CC)C(=O)N[C@H]1C=C2c3cccc4[nH]c([Si](C)(C)C(C)(C)C)c(c34)C[C@H]2N(C)C1. The van der Waals surface area contributed by atoms with Gasteiger partial charge in [-0.05, 0) is 55.1 Å². The van der Waals surface area contributed by atoms with Crippen LogP contribution in [0, 0.1) is 0 Å². The van der Waals surface area contributed by atoms with Crippen molar-refractivity contribution in [3.8, 4) is 0 Å². The van der Waals surface area contributed by atoms with Gasteiger partial charge in [0, 0.05) is 41.9 Å². The molecule has 2 heterocycles. The summed E-state index contributed by atoms with van der Waals surface area (Å²) in [7, 11) is 0.497. The van der Waals surface area contributed by atoms with Gasteiger partial charge in [-0.1, -0.05) is 52.1 Å². The van der Waals surface area contributed by atoms with Gasteiger partial charge >= 0.3 is 6.03 Å². The highest BCUT2D eigenvalue weighted by atomic mass is 28.3. The molecule has 0 saturated heterocycles. The van der Waals surface area contributed by atoms with E-state index >= 15 is 0 Å². The Kier molecular flexibility index (Phi) is 5.83. The molecule has 6 heteroatoms. The molecule has 1 aromatic carbocycles. The molecule has 2 aliphatic rings. The second kappa shape index (κ2) is 8.06. The van der Waals surface area contributed by atoms with E-state index in [1.165, 1.54) is 32.9 Å². The Balaban J connectivity index is 1.79. The molecule has 5 nitrogen and oxygen atoms in total. The summed E-state index contributed by atoms with van der Waals surface area (Å²) < 4.78 is 0. The topological polar surface area (TPSA) is 51.4 Å². The van der Waals surface area contributed by atoms with E-state index in [0.29, 0.717) is 6.04 Å². The number of amides is 2. The number of H-pyrrole nitrogens is 1. The molecule has 0 unspecified atom stereocenters. The molecule has 2 atom stereocenters. The summed E-state index contributed by atoms with van der Waals surface area (Å²) in [6.45, 7) is 18.5. The van der Waals surface area contributed by atoms with Gasteiger partial charge in [-0.3, -0.25) is 4.90 Å². The normalized spacial score (nSPS) is 21.3. The van der Waals surface area contributed by atoms with Crippen molar-refractivity contribution < 1.29 is 4.79 Å². The number of carbonyl (C=O) groups is 1. The average Bonchev–Trinajstić information content (AvgIpc) is 3.09. The highest BCUT2D eigenvalue weighted by Crippen LogP contribution is 2.43.